The monoisotopic (exact) mass is 282 g/mol. The third kappa shape index (κ3) is 3.31. The second kappa shape index (κ2) is 5.83. The number of rotatable bonds is 5. The molecule has 8 heteroatoms. The minimum Gasteiger partial charge on any atom is -0.464 e. The van der Waals surface area contributed by atoms with Gasteiger partial charge in [0.15, 0.2) is 0 Å². The van der Waals surface area contributed by atoms with Crippen LogP contribution < -0.4 is 10.1 Å². The van der Waals surface area contributed by atoms with Crippen LogP contribution in [0.5, 0.6) is 6.01 Å². The van der Waals surface area contributed by atoms with E-state index in [2.05, 4.69) is 25.4 Å². The maximum atomic E-state index is 5.83. The summed E-state index contributed by atoms with van der Waals surface area (Å²) in [6, 6.07) is 0.201. The molecule has 0 bridgehead atoms. The predicted molar refractivity (Wildman–Crippen MR) is 71.9 cm³/mol. The van der Waals surface area contributed by atoms with Crippen molar-refractivity contribution in [3.63, 3.8) is 0 Å². The zero-order chi connectivity index (χ0) is 13.8. The molecule has 2 aromatic heterocycles. The van der Waals surface area contributed by atoms with Crippen molar-refractivity contribution in [1.82, 2.24) is 24.7 Å². The first-order valence-electron chi connectivity index (χ1n) is 5.96. The molecule has 0 saturated heterocycles. The average molecular weight is 283 g/mol. The summed E-state index contributed by atoms with van der Waals surface area (Å²) in [6.07, 6.45) is 2.66. The van der Waals surface area contributed by atoms with Crippen LogP contribution >= 0.6 is 11.6 Å². The molecule has 2 rings (SSSR count). The molecule has 0 aliphatic rings. The van der Waals surface area contributed by atoms with Gasteiger partial charge >= 0.3 is 6.01 Å². The minimum absolute atomic E-state index is 0.0860. The van der Waals surface area contributed by atoms with Gasteiger partial charge in [-0.15, -0.1) is 0 Å². The molecule has 7 nitrogen and oxygen atoms in total. The largest absolute Gasteiger partial charge is 0.464 e. The van der Waals surface area contributed by atoms with E-state index >= 15 is 0 Å². The van der Waals surface area contributed by atoms with E-state index in [0.717, 1.165) is 17.8 Å². The van der Waals surface area contributed by atoms with Crippen molar-refractivity contribution in [2.75, 3.05) is 11.9 Å². The Hall–Kier alpha value is -1.89. The molecule has 0 aliphatic carbocycles. The van der Waals surface area contributed by atoms with E-state index in [4.69, 9.17) is 16.3 Å². The van der Waals surface area contributed by atoms with Crippen LogP contribution in [-0.2, 0) is 13.5 Å². The first kappa shape index (κ1) is 13.5. The van der Waals surface area contributed by atoms with E-state index in [1.807, 2.05) is 27.1 Å². The van der Waals surface area contributed by atoms with E-state index in [0.29, 0.717) is 12.6 Å². The van der Waals surface area contributed by atoms with Gasteiger partial charge in [0.05, 0.1) is 18.0 Å². The number of aryl methyl sites for hydroxylation is 2. The topological polar surface area (TPSA) is 77.8 Å². The lowest BCUT2D eigenvalue weighted by Crippen LogP contribution is -2.04. The number of ether oxygens (including phenoxy) is 1. The van der Waals surface area contributed by atoms with Crippen LogP contribution in [0.2, 0.25) is 5.28 Å². The number of hydrogen-bond donors (Lipinski definition) is 1. The molecule has 0 spiro atoms. The Morgan fingerprint density at radius 2 is 2.11 bits per heavy atom. The first-order chi connectivity index (χ1) is 9.12. The fourth-order valence-corrected chi connectivity index (χ4v) is 1.75. The summed E-state index contributed by atoms with van der Waals surface area (Å²) in [6.45, 7) is 4.34. The molecule has 0 radical (unpaired) electrons. The highest BCUT2D eigenvalue weighted by molar-refractivity contribution is 6.28. The van der Waals surface area contributed by atoms with E-state index in [1.165, 1.54) is 0 Å². The fraction of sp³-hybridized carbons (Fsp3) is 0.455. The minimum atomic E-state index is 0.0860. The zero-order valence-corrected chi connectivity index (χ0v) is 11.8. The van der Waals surface area contributed by atoms with E-state index < -0.39 is 0 Å². The van der Waals surface area contributed by atoms with Gasteiger partial charge in [-0.1, -0.05) is 6.92 Å². The van der Waals surface area contributed by atoms with Crippen LogP contribution in [0.1, 0.15) is 19.5 Å². The molecule has 102 valence electrons. The number of hydrogen-bond acceptors (Lipinski definition) is 6. The van der Waals surface area contributed by atoms with Crippen LogP contribution in [0.3, 0.4) is 0 Å². The predicted octanol–water partition coefficient (Wildman–Crippen LogP) is 1.96. The number of halogens is 1. The lowest BCUT2D eigenvalue weighted by atomic mass is 10.3. The van der Waals surface area contributed by atoms with Gasteiger partial charge in [0.2, 0.25) is 11.2 Å². The zero-order valence-electron chi connectivity index (χ0n) is 11.0. The summed E-state index contributed by atoms with van der Waals surface area (Å²) in [4.78, 5) is 12.0. The summed E-state index contributed by atoms with van der Waals surface area (Å²) >= 11 is 5.83. The summed E-state index contributed by atoms with van der Waals surface area (Å²) in [7, 11) is 1.86. The van der Waals surface area contributed by atoms with Crippen LogP contribution in [0.4, 0.5) is 11.6 Å². The number of anilines is 2. The summed E-state index contributed by atoms with van der Waals surface area (Å²) < 4.78 is 6.95. The molecule has 0 aliphatic heterocycles. The summed E-state index contributed by atoms with van der Waals surface area (Å²) in [5.74, 6) is 0.339. The van der Waals surface area contributed by atoms with E-state index in [9.17, 15) is 0 Å². The van der Waals surface area contributed by atoms with Gasteiger partial charge in [-0.3, -0.25) is 4.68 Å². The van der Waals surface area contributed by atoms with Crippen molar-refractivity contribution >= 4 is 23.2 Å². The quantitative estimate of drug-likeness (QED) is 0.903. The second-order valence-electron chi connectivity index (χ2n) is 3.79. The van der Waals surface area contributed by atoms with Crippen LogP contribution in [0.15, 0.2) is 6.20 Å². The highest BCUT2D eigenvalue weighted by Gasteiger charge is 2.10. The standard InChI is InChI=1S/C11H15ClN6O/c1-4-7-8(6-18(3)17-7)13-10-14-9(12)15-11(16-10)19-5-2/h6H,4-5H2,1-3H3,(H,13,14,15,16). The Morgan fingerprint density at radius 3 is 2.79 bits per heavy atom. The fourth-order valence-electron chi connectivity index (χ4n) is 1.60. The third-order valence-corrected chi connectivity index (χ3v) is 2.52. The van der Waals surface area contributed by atoms with Crippen LogP contribution in [0.25, 0.3) is 0 Å². The van der Waals surface area contributed by atoms with Crippen molar-refractivity contribution in [2.24, 2.45) is 7.05 Å². The number of aromatic nitrogens is 5. The van der Waals surface area contributed by atoms with Crippen LogP contribution in [-0.4, -0.2) is 31.3 Å². The van der Waals surface area contributed by atoms with Gasteiger partial charge in [0, 0.05) is 13.2 Å². The molecule has 0 amide bonds. The Morgan fingerprint density at radius 1 is 1.32 bits per heavy atom. The molecule has 0 fully saturated rings. The van der Waals surface area contributed by atoms with Crippen molar-refractivity contribution in [3.8, 4) is 6.01 Å². The summed E-state index contributed by atoms with van der Waals surface area (Å²) in [5.41, 5.74) is 1.77. The molecular formula is C11H15ClN6O. The average Bonchev–Trinajstić information content (AvgIpc) is 2.69. The summed E-state index contributed by atoms with van der Waals surface area (Å²) in [5, 5.41) is 7.49. The molecular weight excluding hydrogens is 268 g/mol. The van der Waals surface area contributed by atoms with Gasteiger partial charge in [0.25, 0.3) is 0 Å². The van der Waals surface area contributed by atoms with Crippen molar-refractivity contribution in [1.29, 1.82) is 0 Å². The number of nitrogens with zero attached hydrogens (tertiary/aromatic N) is 5. The Kier molecular flexibility index (Phi) is 4.16. The first-order valence-corrected chi connectivity index (χ1v) is 6.34. The van der Waals surface area contributed by atoms with Gasteiger partial charge in [-0.2, -0.15) is 20.1 Å². The van der Waals surface area contributed by atoms with E-state index in [1.54, 1.807) is 4.68 Å². The maximum Gasteiger partial charge on any atom is 0.322 e. The third-order valence-electron chi connectivity index (χ3n) is 2.35. The van der Waals surface area contributed by atoms with Crippen molar-refractivity contribution in [2.45, 2.75) is 20.3 Å². The smallest absolute Gasteiger partial charge is 0.322 e. The lowest BCUT2D eigenvalue weighted by Gasteiger charge is -2.06. The highest BCUT2D eigenvalue weighted by atomic mass is 35.5. The lowest BCUT2D eigenvalue weighted by molar-refractivity contribution is 0.312. The van der Waals surface area contributed by atoms with Gasteiger partial charge < -0.3 is 10.1 Å². The normalized spacial score (nSPS) is 10.5. The molecule has 0 unspecified atom stereocenters. The molecule has 0 atom stereocenters. The Labute approximate surface area is 116 Å². The van der Waals surface area contributed by atoms with Gasteiger partial charge in [-0.25, -0.2) is 0 Å². The molecule has 19 heavy (non-hydrogen) atoms. The molecule has 2 heterocycles. The SMILES string of the molecule is CCOc1nc(Cl)nc(Nc2cn(C)nc2CC)n1. The Bertz CT molecular complexity index is 570. The highest BCUT2D eigenvalue weighted by Crippen LogP contribution is 2.19. The number of nitrogens with one attached hydrogen (secondary N) is 1. The molecule has 1 N–H and O–H groups in total. The van der Waals surface area contributed by atoms with E-state index in [-0.39, 0.29) is 11.3 Å². The van der Waals surface area contributed by atoms with Crippen molar-refractivity contribution in [3.05, 3.63) is 17.2 Å². The van der Waals surface area contributed by atoms with Crippen molar-refractivity contribution < 1.29 is 4.74 Å². The molecule has 0 saturated carbocycles. The van der Waals surface area contributed by atoms with Gasteiger partial charge in [-0.05, 0) is 24.9 Å². The Balaban J connectivity index is 2.26. The van der Waals surface area contributed by atoms with Crippen LogP contribution in [0, 0.1) is 0 Å². The molecule has 2 aromatic rings. The van der Waals surface area contributed by atoms with Gasteiger partial charge in [0.1, 0.15) is 0 Å². The second-order valence-corrected chi connectivity index (χ2v) is 4.12. The molecule has 0 aromatic carbocycles. The maximum absolute atomic E-state index is 5.83.